The summed E-state index contributed by atoms with van der Waals surface area (Å²) in [6.45, 7) is 9.60. The maximum absolute atomic E-state index is 5.90. The first kappa shape index (κ1) is 14.8. The quantitative estimate of drug-likeness (QED) is 0.903. The molecule has 1 aromatic rings. The Hall–Kier alpha value is -1.16. The molecule has 0 amide bonds. The molecule has 0 saturated carbocycles. The van der Waals surface area contributed by atoms with E-state index in [2.05, 4.69) is 43.0 Å². The zero-order chi connectivity index (χ0) is 15.0. The van der Waals surface area contributed by atoms with Crippen LogP contribution in [-0.4, -0.2) is 28.7 Å². The summed E-state index contributed by atoms with van der Waals surface area (Å²) in [5, 5.41) is 3.43. The first-order chi connectivity index (χ1) is 10.0. The Balaban J connectivity index is 1.63. The number of ether oxygens (including phenoxy) is 1. The molecule has 0 aliphatic carbocycles. The summed E-state index contributed by atoms with van der Waals surface area (Å²) >= 11 is 0. The van der Waals surface area contributed by atoms with Crippen molar-refractivity contribution >= 4 is 5.95 Å². The molecule has 2 fully saturated rings. The van der Waals surface area contributed by atoms with Crippen molar-refractivity contribution in [2.24, 2.45) is 11.8 Å². The minimum absolute atomic E-state index is 0.463. The van der Waals surface area contributed by atoms with E-state index in [1.54, 1.807) is 0 Å². The molecule has 21 heavy (non-hydrogen) atoms. The first-order valence-corrected chi connectivity index (χ1v) is 8.26. The van der Waals surface area contributed by atoms with Crippen LogP contribution in [-0.2, 0) is 11.2 Å². The minimum atomic E-state index is 0.463. The number of nitrogens with one attached hydrogen (secondary N) is 1. The molecule has 0 radical (unpaired) electrons. The number of hydrogen-bond acceptors (Lipinski definition) is 4. The summed E-state index contributed by atoms with van der Waals surface area (Å²) in [7, 11) is 0. The van der Waals surface area contributed by atoms with Gasteiger partial charge in [-0.2, -0.15) is 0 Å². The summed E-state index contributed by atoms with van der Waals surface area (Å²) in [4.78, 5) is 9.29. The molecule has 3 atom stereocenters. The van der Waals surface area contributed by atoms with Crippen LogP contribution < -0.4 is 5.32 Å². The monoisotopic (exact) mass is 289 g/mol. The maximum Gasteiger partial charge on any atom is 0.223 e. The van der Waals surface area contributed by atoms with Crippen LogP contribution in [0.15, 0.2) is 0 Å². The molecular weight excluding hydrogens is 262 g/mol. The van der Waals surface area contributed by atoms with E-state index in [-0.39, 0.29) is 0 Å². The summed E-state index contributed by atoms with van der Waals surface area (Å²) in [6.07, 6.45) is 5.70. The zero-order valence-electron chi connectivity index (χ0n) is 13.6. The standard InChI is InChI=1S/C17H27N3O/c1-10(2)7-15-11(3)19-17(20-12(15)4)18-9-13-8-14-5-6-16(13)21-14/h10,13-14,16H,5-9H2,1-4H3,(H,18,19,20)/t13-,14-,16-/m1/s1. The smallest absolute Gasteiger partial charge is 0.223 e. The molecule has 1 N–H and O–H groups in total. The number of anilines is 1. The van der Waals surface area contributed by atoms with Crippen molar-refractivity contribution < 1.29 is 4.74 Å². The van der Waals surface area contributed by atoms with Crippen LogP contribution in [0.25, 0.3) is 0 Å². The second-order valence-electron chi connectivity index (χ2n) is 7.05. The van der Waals surface area contributed by atoms with E-state index in [9.17, 15) is 0 Å². The van der Waals surface area contributed by atoms with Gasteiger partial charge in [-0.05, 0) is 51.0 Å². The Labute approximate surface area is 127 Å². The minimum Gasteiger partial charge on any atom is -0.375 e. The molecular formula is C17H27N3O. The molecule has 1 aromatic heterocycles. The molecule has 0 aromatic carbocycles. The number of rotatable bonds is 5. The van der Waals surface area contributed by atoms with Gasteiger partial charge in [0.2, 0.25) is 5.95 Å². The second-order valence-corrected chi connectivity index (χ2v) is 7.05. The van der Waals surface area contributed by atoms with Crippen molar-refractivity contribution in [2.75, 3.05) is 11.9 Å². The van der Waals surface area contributed by atoms with Gasteiger partial charge in [0.05, 0.1) is 12.2 Å². The van der Waals surface area contributed by atoms with Gasteiger partial charge in [0.1, 0.15) is 0 Å². The predicted octanol–water partition coefficient (Wildman–Crippen LogP) is 3.27. The van der Waals surface area contributed by atoms with E-state index >= 15 is 0 Å². The molecule has 116 valence electrons. The summed E-state index contributed by atoms with van der Waals surface area (Å²) < 4.78 is 5.90. The number of nitrogens with zero attached hydrogens (tertiary/aromatic N) is 2. The normalized spacial score (nSPS) is 27.6. The van der Waals surface area contributed by atoms with Crippen LogP contribution in [0, 0.1) is 25.7 Å². The second kappa shape index (κ2) is 5.91. The molecule has 3 rings (SSSR count). The number of aromatic nitrogens is 2. The predicted molar refractivity (Wildman–Crippen MR) is 84.5 cm³/mol. The first-order valence-electron chi connectivity index (χ1n) is 8.26. The van der Waals surface area contributed by atoms with Gasteiger partial charge >= 0.3 is 0 Å². The third-order valence-electron chi connectivity index (χ3n) is 4.79. The van der Waals surface area contributed by atoms with Gasteiger partial charge in [-0.3, -0.25) is 0 Å². The number of fused-ring (bicyclic) bond motifs is 2. The van der Waals surface area contributed by atoms with E-state index in [4.69, 9.17) is 4.74 Å². The van der Waals surface area contributed by atoms with Crippen LogP contribution in [0.4, 0.5) is 5.95 Å². The van der Waals surface area contributed by atoms with Gasteiger partial charge in [0.25, 0.3) is 0 Å². The van der Waals surface area contributed by atoms with Gasteiger partial charge < -0.3 is 10.1 Å². The van der Waals surface area contributed by atoms with Crippen LogP contribution in [0.1, 0.15) is 50.1 Å². The third kappa shape index (κ3) is 3.20. The molecule has 2 saturated heterocycles. The topological polar surface area (TPSA) is 47.0 Å². The van der Waals surface area contributed by atoms with Crippen molar-refractivity contribution in [3.05, 3.63) is 17.0 Å². The highest BCUT2D eigenvalue weighted by molar-refractivity contribution is 5.34. The summed E-state index contributed by atoms with van der Waals surface area (Å²) in [5.74, 6) is 2.04. The van der Waals surface area contributed by atoms with E-state index < -0.39 is 0 Å². The Morgan fingerprint density at radius 2 is 1.90 bits per heavy atom. The van der Waals surface area contributed by atoms with Gasteiger partial charge in [-0.15, -0.1) is 0 Å². The molecule has 2 bridgehead atoms. The Kier molecular flexibility index (Phi) is 4.16. The van der Waals surface area contributed by atoms with Crippen molar-refractivity contribution in [1.82, 2.24) is 9.97 Å². The van der Waals surface area contributed by atoms with Crippen LogP contribution >= 0.6 is 0 Å². The molecule has 2 aliphatic rings. The van der Waals surface area contributed by atoms with Gasteiger partial charge in [-0.25, -0.2) is 9.97 Å². The lowest BCUT2D eigenvalue weighted by atomic mass is 9.89. The zero-order valence-corrected chi connectivity index (χ0v) is 13.6. The summed E-state index contributed by atoms with van der Waals surface area (Å²) in [5.41, 5.74) is 3.53. The van der Waals surface area contributed by atoms with Crippen molar-refractivity contribution in [3.63, 3.8) is 0 Å². The van der Waals surface area contributed by atoms with Crippen molar-refractivity contribution in [2.45, 2.75) is 65.6 Å². The van der Waals surface area contributed by atoms with Crippen LogP contribution in [0.2, 0.25) is 0 Å². The highest BCUT2D eigenvalue weighted by Gasteiger charge is 2.40. The molecule has 0 unspecified atom stereocenters. The highest BCUT2D eigenvalue weighted by Crippen LogP contribution is 2.38. The Morgan fingerprint density at radius 3 is 2.43 bits per heavy atom. The number of hydrogen-bond donors (Lipinski definition) is 1. The van der Waals surface area contributed by atoms with E-state index in [1.165, 1.54) is 24.8 Å². The van der Waals surface area contributed by atoms with E-state index in [0.29, 0.717) is 24.0 Å². The fourth-order valence-corrected chi connectivity index (χ4v) is 3.70. The Bertz CT molecular complexity index is 492. The van der Waals surface area contributed by atoms with Gasteiger partial charge in [0.15, 0.2) is 0 Å². The lowest BCUT2D eigenvalue weighted by Crippen LogP contribution is -2.25. The fraction of sp³-hybridized carbons (Fsp3) is 0.765. The molecule has 4 heteroatoms. The lowest BCUT2D eigenvalue weighted by Gasteiger charge is -2.19. The lowest BCUT2D eigenvalue weighted by molar-refractivity contribution is 0.0941. The average Bonchev–Trinajstić information content (AvgIpc) is 3.02. The van der Waals surface area contributed by atoms with Crippen LogP contribution in [0.5, 0.6) is 0 Å². The van der Waals surface area contributed by atoms with Gasteiger partial charge in [0, 0.05) is 23.9 Å². The molecule has 2 aliphatic heterocycles. The third-order valence-corrected chi connectivity index (χ3v) is 4.79. The molecule has 4 nitrogen and oxygen atoms in total. The van der Waals surface area contributed by atoms with E-state index in [1.807, 2.05) is 0 Å². The van der Waals surface area contributed by atoms with Crippen molar-refractivity contribution in [3.8, 4) is 0 Å². The average molecular weight is 289 g/mol. The van der Waals surface area contributed by atoms with Crippen LogP contribution in [0.3, 0.4) is 0 Å². The van der Waals surface area contributed by atoms with E-state index in [0.717, 1.165) is 30.3 Å². The Morgan fingerprint density at radius 1 is 1.19 bits per heavy atom. The largest absolute Gasteiger partial charge is 0.375 e. The molecule has 3 heterocycles. The SMILES string of the molecule is Cc1nc(NC[C@H]2C[C@H]3CC[C@H]2O3)nc(C)c1CC(C)C. The maximum atomic E-state index is 5.90. The molecule has 0 spiro atoms. The van der Waals surface area contributed by atoms with Crippen molar-refractivity contribution in [1.29, 1.82) is 0 Å². The highest BCUT2D eigenvalue weighted by atomic mass is 16.5. The number of aryl methyl sites for hydroxylation is 2. The fourth-order valence-electron chi connectivity index (χ4n) is 3.70. The summed E-state index contributed by atoms with van der Waals surface area (Å²) in [6, 6.07) is 0. The van der Waals surface area contributed by atoms with Gasteiger partial charge in [-0.1, -0.05) is 13.8 Å².